The molecule has 1 unspecified atom stereocenters. The van der Waals surface area contributed by atoms with E-state index in [1.54, 1.807) is 0 Å². The molecule has 1 saturated carbocycles. The van der Waals surface area contributed by atoms with Crippen LogP contribution in [0.1, 0.15) is 44.9 Å². The van der Waals surface area contributed by atoms with Gasteiger partial charge in [-0.2, -0.15) is 11.8 Å². The van der Waals surface area contributed by atoms with Crippen molar-refractivity contribution in [2.75, 3.05) is 25.4 Å². The van der Waals surface area contributed by atoms with E-state index in [4.69, 9.17) is 5.11 Å². The number of likely N-dealkylation sites (tertiary alicyclic amines) is 1. The Morgan fingerprint density at radius 3 is 2.78 bits per heavy atom. The predicted octanol–water partition coefficient (Wildman–Crippen LogP) is 2.85. The van der Waals surface area contributed by atoms with Crippen LogP contribution < -0.4 is 0 Å². The molecule has 0 radical (unpaired) electrons. The summed E-state index contributed by atoms with van der Waals surface area (Å²) in [6, 6.07) is 0. The Balaban J connectivity index is 1.55. The summed E-state index contributed by atoms with van der Waals surface area (Å²) < 4.78 is 0. The minimum absolute atomic E-state index is 0.354. The van der Waals surface area contributed by atoms with Crippen LogP contribution in [-0.2, 0) is 4.79 Å². The molecule has 0 aromatic rings. The van der Waals surface area contributed by atoms with Gasteiger partial charge >= 0.3 is 5.97 Å². The van der Waals surface area contributed by atoms with Crippen molar-refractivity contribution in [3.63, 3.8) is 0 Å². The minimum atomic E-state index is -0.637. The number of nitrogens with zero attached hydrogens (tertiary/aromatic N) is 1. The predicted molar refractivity (Wildman–Crippen MR) is 76.1 cm³/mol. The zero-order valence-electron chi connectivity index (χ0n) is 11.1. The van der Waals surface area contributed by atoms with Crippen LogP contribution in [0.25, 0.3) is 0 Å². The second kappa shape index (κ2) is 7.39. The number of aliphatic carboxylic acids is 1. The number of hydrogen-bond donors (Lipinski definition) is 1. The van der Waals surface area contributed by atoms with E-state index >= 15 is 0 Å². The smallest absolute Gasteiger partial charge is 0.303 e. The molecule has 3 nitrogen and oxygen atoms in total. The van der Waals surface area contributed by atoms with Crippen LogP contribution in [0.2, 0.25) is 0 Å². The molecule has 1 aliphatic heterocycles. The Hall–Kier alpha value is -0.220. The number of piperidine rings is 1. The van der Waals surface area contributed by atoms with Gasteiger partial charge < -0.3 is 10.0 Å². The first-order valence-corrected chi connectivity index (χ1v) is 8.34. The highest BCUT2D eigenvalue weighted by Gasteiger charge is 2.22. The number of carboxylic acid groups (broad SMARTS) is 1. The number of thioether (sulfide) groups is 1. The number of carbonyl (C=O) groups is 1. The molecule has 1 atom stereocenters. The van der Waals surface area contributed by atoms with Crippen LogP contribution in [-0.4, -0.2) is 46.6 Å². The molecule has 1 aliphatic carbocycles. The largest absolute Gasteiger partial charge is 0.481 e. The van der Waals surface area contributed by atoms with Crippen molar-refractivity contribution in [2.45, 2.75) is 50.2 Å². The molecule has 2 fully saturated rings. The van der Waals surface area contributed by atoms with Gasteiger partial charge in [0.15, 0.2) is 0 Å². The van der Waals surface area contributed by atoms with Gasteiger partial charge in [-0.1, -0.05) is 6.42 Å². The van der Waals surface area contributed by atoms with E-state index in [0.29, 0.717) is 12.3 Å². The molecule has 1 saturated heterocycles. The Bertz CT molecular complexity index is 269. The Morgan fingerprint density at radius 2 is 2.11 bits per heavy atom. The third-order valence-corrected chi connectivity index (χ3v) is 5.56. The fourth-order valence-electron chi connectivity index (χ4n) is 2.84. The van der Waals surface area contributed by atoms with E-state index in [1.165, 1.54) is 44.4 Å². The molecular weight excluding hydrogens is 246 g/mol. The highest BCUT2D eigenvalue weighted by molar-refractivity contribution is 7.99. The molecule has 1 heterocycles. The van der Waals surface area contributed by atoms with E-state index in [-0.39, 0.29) is 0 Å². The average Bonchev–Trinajstić information content (AvgIpc) is 2.26. The van der Waals surface area contributed by atoms with Crippen molar-refractivity contribution in [3.8, 4) is 0 Å². The number of carboxylic acids is 1. The van der Waals surface area contributed by atoms with E-state index < -0.39 is 5.97 Å². The zero-order chi connectivity index (χ0) is 12.8. The summed E-state index contributed by atoms with van der Waals surface area (Å²) in [6.45, 7) is 3.33. The SMILES string of the molecule is O=C(O)CC1CCCN(CCCSC2CCC2)C1. The van der Waals surface area contributed by atoms with E-state index in [0.717, 1.165) is 24.8 Å². The monoisotopic (exact) mass is 271 g/mol. The molecular formula is C14H25NO2S. The molecule has 104 valence electrons. The fourth-order valence-corrected chi connectivity index (χ4v) is 4.14. The van der Waals surface area contributed by atoms with E-state index in [1.807, 2.05) is 0 Å². The molecule has 0 spiro atoms. The molecule has 1 N–H and O–H groups in total. The first-order chi connectivity index (χ1) is 8.74. The minimum Gasteiger partial charge on any atom is -0.481 e. The summed E-state index contributed by atoms with van der Waals surface area (Å²) in [5, 5.41) is 9.79. The van der Waals surface area contributed by atoms with Crippen molar-refractivity contribution in [3.05, 3.63) is 0 Å². The van der Waals surface area contributed by atoms with Crippen LogP contribution in [0.3, 0.4) is 0 Å². The van der Waals surface area contributed by atoms with Crippen LogP contribution in [0.4, 0.5) is 0 Å². The van der Waals surface area contributed by atoms with Crippen LogP contribution >= 0.6 is 11.8 Å². The maximum Gasteiger partial charge on any atom is 0.303 e. The summed E-state index contributed by atoms with van der Waals surface area (Å²) in [6.07, 6.45) is 8.17. The van der Waals surface area contributed by atoms with Gasteiger partial charge in [0.2, 0.25) is 0 Å². The summed E-state index contributed by atoms with van der Waals surface area (Å²) in [7, 11) is 0. The van der Waals surface area contributed by atoms with Crippen LogP contribution in [0.15, 0.2) is 0 Å². The molecule has 0 aromatic carbocycles. The lowest BCUT2D eigenvalue weighted by Crippen LogP contribution is -2.37. The van der Waals surface area contributed by atoms with Gasteiger partial charge in [0.1, 0.15) is 0 Å². The second-order valence-corrected chi connectivity index (χ2v) is 7.09. The third-order valence-electron chi connectivity index (χ3n) is 4.09. The van der Waals surface area contributed by atoms with E-state index in [2.05, 4.69) is 16.7 Å². The van der Waals surface area contributed by atoms with Gasteiger partial charge in [0.05, 0.1) is 0 Å². The molecule has 2 rings (SSSR count). The molecule has 2 aliphatic rings. The Kier molecular flexibility index (Phi) is 5.83. The highest BCUT2D eigenvalue weighted by Crippen LogP contribution is 2.31. The molecule has 0 aromatic heterocycles. The first-order valence-electron chi connectivity index (χ1n) is 7.30. The highest BCUT2D eigenvalue weighted by atomic mass is 32.2. The maximum atomic E-state index is 10.7. The van der Waals surface area contributed by atoms with Crippen molar-refractivity contribution in [1.29, 1.82) is 0 Å². The van der Waals surface area contributed by atoms with E-state index in [9.17, 15) is 4.79 Å². The zero-order valence-corrected chi connectivity index (χ0v) is 12.0. The number of rotatable bonds is 7. The number of hydrogen-bond acceptors (Lipinski definition) is 3. The summed E-state index contributed by atoms with van der Waals surface area (Å²) >= 11 is 2.14. The molecule has 18 heavy (non-hydrogen) atoms. The lowest BCUT2D eigenvalue weighted by atomic mass is 9.95. The van der Waals surface area contributed by atoms with Gasteiger partial charge in [-0.15, -0.1) is 0 Å². The Labute approximate surface area is 114 Å². The fraction of sp³-hybridized carbons (Fsp3) is 0.929. The summed E-state index contributed by atoms with van der Waals surface area (Å²) in [5.74, 6) is 1.03. The van der Waals surface area contributed by atoms with Gasteiger partial charge in [0.25, 0.3) is 0 Å². The second-order valence-electron chi connectivity index (χ2n) is 5.68. The molecule has 4 heteroatoms. The third kappa shape index (κ3) is 4.81. The average molecular weight is 271 g/mol. The molecule has 0 bridgehead atoms. The normalized spacial score (nSPS) is 25.9. The lowest BCUT2D eigenvalue weighted by molar-refractivity contribution is -0.138. The standard InChI is InChI=1S/C14H25NO2S/c16-14(17)10-12-4-2-7-15(11-12)8-3-9-18-13-5-1-6-13/h12-13H,1-11H2,(H,16,17). The van der Waals surface area contributed by atoms with Crippen molar-refractivity contribution in [1.82, 2.24) is 4.90 Å². The lowest BCUT2D eigenvalue weighted by Gasteiger charge is -2.32. The van der Waals surface area contributed by atoms with Gasteiger partial charge in [-0.05, 0) is 56.9 Å². The van der Waals surface area contributed by atoms with Gasteiger partial charge in [-0.3, -0.25) is 4.79 Å². The molecule has 0 amide bonds. The van der Waals surface area contributed by atoms with Gasteiger partial charge in [0, 0.05) is 18.2 Å². The van der Waals surface area contributed by atoms with Crippen LogP contribution in [0.5, 0.6) is 0 Å². The quantitative estimate of drug-likeness (QED) is 0.723. The first kappa shape index (κ1) is 14.2. The van der Waals surface area contributed by atoms with Crippen LogP contribution in [0, 0.1) is 5.92 Å². The maximum absolute atomic E-state index is 10.7. The van der Waals surface area contributed by atoms with Crippen molar-refractivity contribution < 1.29 is 9.90 Å². The summed E-state index contributed by atoms with van der Waals surface area (Å²) in [5.41, 5.74) is 0. The summed E-state index contributed by atoms with van der Waals surface area (Å²) in [4.78, 5) is 13.2. The van der Waals surface area contributed by atoms with Crippen molar-refractivity contribution >= 4 is 17.7 Å². The topological polar surface area (TPSA) is 40.5 Å². The van der Waals surface area contributed by atoms with Gasteiger partial charge in [-0.25, -0.2) is 0 Å². The Morgan fingerprint density at radius 1 is 1.28 bits per heavy atom. The van der Waals surface area contributed by atoms with Crippen molar-refractivity contribution in [2.24, 2.45) is 5.92 Å².